The number of hydrogen-bond acceptors (Lipinski definition) is 5. The van der Waals surface area contributed by atoms with E-state index >= 15 is 0 Å². The van der Waals surface area contributed by atoms with Crippen molar-refractivity contribution in [3.63, 3.8) is 0 Å². The Morgan fingerprint density at radius 2 is 2.10 bits per heavy atom. The molecule has 5 nitrogen and oxygen atoms in total. The monoisotopic (exact) mass is 167 g/mol. The van der Waals surface area contributed by atoms with Gasteiger partial charge in [-0.2, -0.15) is 0 Å². The van der Waals surface area contributed by atoms with Crippen molar-refractivity contribution in [2.24, 2.45) is 0 Å². The van der Waals surface area contributed by atoms with E-state index in [4.69, 9.17) is 10.2 Å². The van der Waals surface area contributed by atoms with E-state index in [2.05, 4.69) is 0 Å². The molecule has 0 saturated heterocycles. The predicted octanol–water partition coefficient (Wildman–Crippen LogP) is -1.03. The number of aliphatic hydroxyl groups is 2. The van der Waals surface area contributed by atoms with E-state index in [-0.39, 0.29) is 0 Å². The van der Waals surface area contributed by atoms with Crippen LogP contribution in [0.2, 0.25) is 0 Å². The van der Waals surface area contributed by atoms with E-state index in [0.29, 0.717) is 0 Å². The van der Waals surface area contributed by atoms with Crippen molar-refractivity contribution in [1.29, 1.82) is 0 Å². The molecule has 0 heterocycles. The van der Waals surface area contributed by atoms with Crippen LogP contribution in [0.5, 0.6) is 0 Å². The standard InChI is InChI=1S/C4H8O5S/c5-2-1-4(6)3-10(7,8)9/h1,5-6H,2-3H2,(H,7,8,9)/p-1/b4-1-. The number of hydrogen-bond donors (Lipinski definition) is 2. The molecule has 0 saturated carbocycles. The topological polar surface area (TPSA) is 97.7 Å². The van der Waals surface area contributed by atoms with E-state index in [1.165, 1.54) is 0 Å². The van der Waals surface area contributed by atoms with Gasteiger partial charge < -0.3 is 14.8 Å². The van der Waals surface area contributed by atoms with Gasteiger partial charge in [0.15, 0.2) is 0 Å². The molecule has 0 spiro atoms. The highest BCUT2D eigenvalue weighted by atomic mass is 32.2. The first-order chi connectivity index (χ1) is 4.45. The van der Waals surface area contributed by atoms with Crippen LogP contribution in [0.1, 0.15) is 0 Å². The Morgan fingerprint density at radius 3 is 2.40 bits per heavy atom. The normalized spacial score (nSPS) is 13.6. The minimum absolute atomic E-state index is 0.485. The van der Waals surface area contributed by atoms with Gasteiger partial charge in [-0.1, -0.05) is 0 Å². The zero-order valence-corrected chi connectivity index (χ0v) is 5.84. The van der Waals surface area contributed by atoms with Crippen molar-refractivity contribution in [3.8, 4) is 0 Å². The van der Waals surface area contributed by atoms with Gasteiger partial charge >= 0.3 is 0 Å². The van der Waals surface area contributed by atoms with Gasteiger partial charge in [0.1, 0.15) is 15.9 Å². The molecule has 0 aliphatic heterocycles. The Balaban J connectivity index is 4.05. The summed E-state index contributed by atoms with van der Waals surface area (Å²) in [5, 5.41) is 16.6. The van der Waals surface area contributed by atoms with E-state index in [9.17, 15) is 13.0 Å². The maximum Gasteiger partial charge on any atom is 0.104 e. The van der Waals surface area contributed by atoms with Crippen LogP contribution in [-0.2, 0) is 10.1 Å². The van der Waals surface area contributed by atoms with E-state index in [1.807, 2.05) is 0 Å². The third-order valence-electron chi connectivity index (χ3n) is 0.652. The molecule has 0 aromatic carbocycles. The Hall–Kier alpha value is -0.590. The fourth-order valence-corrected chi connectivity index (χ4v) is 0.826. The SMILES string of the molecule is O=S(=O)([O-])C/C(O)=C/CO. The molecule has 0 aliphatic carbocycles. The molecular weight excluding hydrogens is 160 g/mol. The molecule has 0 rings (SSSR count). The minimum atomic E-state index is -4.42. The summed E-state index contributed by atoms with van der Waals surface area (Å²) < 4.78 is 29.6. The first-order valence-corrected chi connectivity index (χ1v) is 3.96. The lowest BCUT2D eigenvalue weighted by molar-refractivity contribution is 0.329. The highest BCUT2D eigenvalue weighted by molar-refractivity contribution is 7.85. The van der Waals surface area contributed by atoms with Crippen molar-refractivity contribution in [1.82, 2.24) is 0 Å². The van der Waals surface area contributed by atoms with E-state index < -0.39 is 28.2 Å². The molecule has 0 amide bonds. The van der Waals surface area contributed by atoms with E-state index in [1.54, 1.807) is 0 Å². The van der Waals surface area contributed by atoms with Crippen molar-refractivity contribution >= 4 is 10.1 Å². The summed E-state index contributed by atoms with van der Waals surface area (Å²) in [5.41, 5.74) is 0. The van der Waals surface area contributed by atoms with Crippen LogP contribution in [-0.4, -0.2) is 35.5 Å². The minimum Gasteiger partial charge on any atom is -0.748 e. The summed E-state index contributed by atoms with van der Waals surface area (Å²) in [7, 11) is -4.42. The molecule has 0 bridgehead atoms. The van der Waals surface area contributed by atoms with Crippen molar-refractivity contribution < 1.29 is 23.2 Å². The van der Waals surface area contributed by atoms with Crippen LogP contribution in [0, 0.1) is 0 Å². The third kappa shape index (κ3) is 5.54. The summed E-state index contributed by atoms with van der Waals surface area (Å²) in [5.74, 6) is -1.59. The Bertz CT molecular complexity index is 214. The molecule has 0 fully saturated rings. The highest BCUT2D eigenvalue weighted by Crippen LogP contribution is 1.92. The van der Waals surface area contributed by atoms with Gasteiger partial charge in [0, 0.05) is 0 Å². The van der Waals surface area contributed by atoms with Crippen LogP contribution >= 0.6 is 0 Å². The molecule has 60 valence electrons. The Labute approximate surface area is 58.4 Å². The maximum absolute atomic E-state index is 9.88. The molecule has 0 aromatic rings. The molecule has 0 aromatic heterocycles. The predicted molar refractivity (Wildman–Crippen MR) is 32.4 cm³/mol. The first-order valence-electron chi connectivity index (χ1n) is 2.38. The van der Waals surface area contributed by atoms with Crippen LogP contribution in [0.25, 0.3) is 0 Å². The molecule has 10 heavy (non-hydrogen) atoms. The van der Waals surface area contributed by atoms with Gasteiger partial charge in [0.25, 0.3) is 0 Å². The zero-order valence-electron chi connectivity index (χ0n) is 5.02. The van der Waals surface area contributed by atoms with Crippen molar-refractivity contribution in [3.05, 3.63) is 11.8 Å². The Morgan fingerprint density at radius 1 is 1.60 bits per heavy atom. The molecule has 0 atom stereocenters. The van der Waals surface area contributed by atoms with E-state index in [0.717, 1.165) is 6.08 Å². The van der Waals surface area contributed by atoms with Gasteiger partial charge in [0.2, 0.25) is 0 Å². The molecule has 2 N–H and O–H groups in total. The second-order valence-electron chi connectivity index (χ2n) is 1.58. The smallest absolute Gasteiger partial charge is 0.104 e. The van der Waals surface area contributed by atoms with Gasteiger partial charge in [-0.3, -0.25) is 0 Å². The summed E-state index contributed by atoms with van der Waals surface area (Å²) in [6.45, 7) is -0.485. The summed E-state index contributed by atoms with van der Waals surface area (Å²) >= 11 is 0. The van der Waals surface area contributed by atoms with Crippen LogP contribution in [0.3, 0.4) is 0 Å². The fraction of sp³-hybridized carbons (Fsp3) is 0.500. The molecule has 6 heteroatoms. The fourth-order valence-electron chi connectivity index (χ4n) is 0.345. The third-order valence-corrected chi connectivity index (χ3v) is 1.30. The lowest BCUT2D eigenvalue weighted by Gasteiger charge is -2.04. The van der Waals surface area contributed by atoms with Gasteiger partial charge in [-0.25, -0.2) is 8.42 Å². The zero-order chi connectivity index (χ0) is 8.20. The van der Waals surface area contributed by atoms with Gasteiger partial charge in [-0.15, -0.1) is 0 Å². The first kappa shape index (κ1) is 9.41. The highest BCUT2D eigenvalue weighted by Gasteiger charge is 1.98. The molecule has 0 unspecified atom stereocenters. The van der Waals surface area contributed by atoms with Gasteiger partial charge in [-0.05, 0) is 6.08 Å². The lowest BCUT2D eigenvalue weighted by Crippen LogP contribution is -2.06. The second kappa shape index (κ2) is 3.55. The summed E-state index contributed by atoms with van der Waals surface area (Å²) in [4.78, 5) is 0. The largest absolute Gasteiger partial charge is 0.748 e. The second-order valence-corrected chi connectivity index (χ2v) is 2.98. The average molecular weight is 167 g/mol. The molecule has 0 radical (unpaired) electrons. The molecule has 0 aliphatic rings. The average Bonchev–Trinajstić information content (AvgIpc) is 1.59. The Kier molecular flexibility index (Phi) is 3.34. The maximum atomic E-state index is 9.88. The lowest BCUT2D eigenvalue weighted by atomic mass is 10.5. The van der Waals surface area contributed by atoms with Crippen molar-refractivity contribution in [2.45, 2.75) is 0 Å². The van der Waals surface area contributed by atoms with Crippen LogP contribution in [0.15, 0.2) is 11.8 Å². The van der Waals surface area contributed by atoms with Crippen LogP contribution in [0.4, 0.5) is 0 Å². The van der Waals surface area contributed by atoms with Crippen molar-refractivity contribution in [2.75, 3.05) is 12.4 Å². The number of aliphatic hydroxyl groups excluding tert-OH is 2. The molecular formula is C4H7O5S-. The summed E-state index contributed by atoms with van der Waals surface area (Å²) in [6.07, 6.45) is 0.843. The van der Waals surface area contributed by atoms with Gasteiger partial charge in [0.05, 0.1) is 12.4 Å². The summed E-state index contributed by atoms with van der Waals surface area (Å²) in [6, 6.07) is 0. The quantitative estimate of drug-likeness (QED) is 0.413. The van der Waals surface area contributed by atoms with Crippen LogP contribution < -0.4 is 0 Å². The number of rotatable bonds is 3.